The van der Waals surface area contributed by atoms with E-state index >= 15 is 0 Å². The van der Waals surface area contributed by atoms with Gasteiger partial charge in [0.25, 0.3) is 0 Å². The molecular formula is C23H35N3O4. The number of hydrogen-bond donors (Lipinski definition) is 2. The summed E-state index contributed by atoms with van der Waals surface area (Å²) in [5, 5.41) is 21.0. The number of fused-ring (bicyclic) bond motifs is 6. The summed E-state index contributed by atoms with van der Waals surface area (Å²) in [4.78, 5) is 31.0. The molecule has 30 heavy (non-hydrogen) atoms. The van der Waals surface area contributed by atoms with Gasteiger partial charge < -0.3 is 10.4 Å². The van der Waals surface area contributed by atoms with E-state index < -0.39 is 11.6 Å². The summed E-state index contributed by atoms with van der Waals surface area (Å²) in [7, 11) is 0. The molecule has 166 valence electrons. The van der Waals surface area contributed by atoms with Gasteiger partial charge in [-0.3, -0.25) is 9.63 Å². The quantitative estimate of drug-likeness (QED) is 0.541. The lowest BCUT2D eigenvalue weighted by Gasteiger charge is -2.63. The largest absolute Gasteiger partial charge is 0.387 e. The Morgan fingerprint density at radius 3 is 2.70 bits per heavy atom. The Balaban J connectivity index is 1.31. The van der Waals surface area contributed by atoms with Crippen LogP contribution in [-0.2, 0) is 9.63 Å². The summed E-state index contributed by atoms with van der Waals surface area (Å²) in [6.45, 7) is 6.24. The first-order chi connectivity index (χ1) is 14.3. The molecule has 0 amide bonds. The Bertz CT molecular complexity index is 772. The number of hydrogen-bond acceptors (Lipinski definition) is 7. The molecule has 0 spiro atoms. The first kappa shape index (κ1) is 19.8. The zero-order chi connectivity index (χ0) is 20.9. The number of nitrogens with one attached hydrogen (secondary N) is 1. The van der Waals surface area contributed by atoms with Crippen LogP contribution in [0.1, 0.15) is 65.2 Å². The van der Waals surface area contributed by atoms with E-state index in [4.69, 9.17) is 4.84 Å². The molecule has 7 nitrogen and oxygen atoms in total. The molecule has 6 rings (SSSR count). The van der Waals surface area contributed by atoms with E-state index in [2.05, 4.69) is 29.4 Å². The molecule has 0 aromatic carbocycles. The molecule has 2 aliphatic heterocycles. The molecular weight excluding hydrogens is 382 g/mol. The Morgan fingerprint density at radius 1 is 1.17 bits per heavy atom. The Hall–Kier alpha value is -0.890. The lowest BCUT2D eigenvalue weighted by atomic mass is 9.43. The van der Waals surface area contributed by atoms with Crippen LogP contribution in [0.3, 0.4) is 0 Å². The Kier molecular flexibility index (Phi) is 4.17. The average molecular weight is 418 g/mol. The minimum atomic E-state index is -1.07. The van der Waals surface area contributed by atoms with Gasteiger partial charge in [0.1, 0.15) is 11.8 Å². The van der Waals surface area contributed by atoms with Crippen LogP contribution >= 0.6 is 0 Å². The van der Waals surface area contributed by atoms with Crippen LogP contribution in [0.2, 0.25) is 0 Å². The maximum absolute atomic E-state index is 12.7. The van der Waals surface area contributed by atoms with Gasteiger partial charge in [-0.15, -0.1) is 0 Å². The summed E-state index contributed by atoms with van der Waals surface area (Å²) < 4.78 is 0. The van der Waals surface area contributed by atoms with E-state index in [1.54, 1.807) is 0 Å². The fourth-order valence-corrected chi connectivity index (χ4v) is 8.72. The van der Waals surface area contributed by atoms with Crippen molar-refractivity contribution in [1.29, 1.82) is 0 Å². The number of Topliss-reactive ketones (excluding diaryl/α,β-unsaturated/α-hetero) is 1. The minimum absolute atomic E-state index is 0.200. The van der Waals surface area contributed by atoms with Crippen molar-refractivity contribution in [1.82, 2.24) is 10.4 Å². The summed E-state index contributed by atoms with van der Waals surface area (Å²) in [5.41, 5.74) is -1.66. The number of nitroso groups, excluding NO2 is 1. The number of hydroxylamine groups is 2. The molecule has 11 atom stereocenters. The van der Waals surface area contributed by atoms with Gasteiger partial charge >= 0.3 is 0 Å². The number of carbonyl (C=O) groups is 1. The fourth-order valence-electron chi connectivity index (χ4n) is 8.72. The van der Waals surface area contributed by atoms with E-state index in [1.165, 1.54) is 0 Å². The molecule has 4 aliphatic carbocycles. The monoisotopic (exact) mass is 417 g/mol. The molecule has 7 heteroatoms. The van der Waals surface area contributed by atoms with Crippen LogP contribution in [0, 0.1) is 33.5 Å². The predicted octanol–water partition coefficient (Wildman–Crippen LogP) is 2.41. The molecule has 0 aromatic rings. The standard InChI is InChI=1S/C23H35N3O4/c1-21-7-5-16-14(15(21)3-4-20(21)27)9-19(25-29)23(28)11-18-17(10-22(16,23)2)26(18)30-13-6-8-24-12-13/h13-19,24,28H,3-12H2,1-2H3/t13-,14-,15-,16-,17?,18?,19?,21-,22+,23-,26?/m0/s1. The second-order valence-electron chi connectivity index (χ2n) is 11.6. The zero-order valence-corrected chi connectivity index (χ0v) is 18.2. The normalized spacial score (nSPS) is 59.1. The molecule has 0 aromatic heterocycles. The van der Waals surface area contributed by atoms with Gasteiger partial charge in [-0.1, -0.05) is 19.0 Å². The molecule has 2 saturated heterocycles. The van der Waals surface area contributed by atoms with Crippen molar-refractivity contribution < 1.29 is 14.7 Å². The third kappa shape index (κ3) is 2.38. The Morgan fingerprint density at radius 2 is 1.97 bits per heavy atom. The van der Waals surface area contributed by atoms with E-state index in [-0.39, 0.29) is 23.0 Å². The Labute approximate surface area is 178 Å². The summed E-state index contributed by atoms with van der Waals surface area (Å²) in [6.07, 6.45) is 6.82. The molecule has 6 aliphatic rings. The van der Waals surface area contributed by atoms with E-state index in [0.717, 1.165) is 45.2 Å². The smallest absolute Gasteiger partial charge is 0.139 e. The zero-order valence-electron chi connectivity index (χ0n) is 18.2. The highest BCUT2D eigenvalue weighted by molar-refractivity contribution is 5.87. The average Bonchev–Trinajstić information content (AvgIpc) is 3.06. The van der Waals surface area contributed by atoms with Gasteiger partial charge in [-0.25, -0.2) is 0 Å². The number of carbonyl (C=O) groups excluding carboxylic acids is 1. The first-order valence-electron chi connectivity index (χ1n) is 12.1. The van der Waals surface area contributed by atoms with Crippen LogP contribution in [-0.4, -0.2) is 58.9 Å². The van der Waals surface area contributed by atoms with Crippen LogP contribution in [0.25, 0.3) is 0 Å². The molecule has 4 saturated carbocycles. The minimum Gasteiger partial charge on any atom is -0.387 e. The molecule has 0 radical (unpaired) electrons. The van der Waals surface area contributed by atoms with Crippen LogP contribution in [0.15, 0.2) is 5.18 Å². The molecule has 6 fully saturated rings. The van der Waals surface area contributed by atoms with Crippen molar-refractivity contribution >= 4 is 5.78 Å². The van der Waals surface area contributed by atoms with Crippen LogP contribution < -0.4 is 5.32 Å². The van der Waals surface area contributed by atoms with E-state index in [0.29, 0.717) is 48.8 Å². The summed E-state index contributed by atoms with van der Waals surface area (Å²) in [6, 6.07) is -0.0508. The fraction of sp³-hybridized carbons (Fsp3) is 0.957. The van der Waals surface area contributed by atoms with Crippen molar-refractivity contribution in [2.45, 2.75) is 95.0 Å². The van der Waals surface area contributed by atoms with Gasteiger partial charge in [0.2, 0.25) is 0 Å². The highest BCUT2D eigenvalue weighted by atomic mass is 16.7. The van der Waals surface area contributed by atoms with Crippen molar-refractivity contribution in [3.63, 3.8) is 0 Å². The van der Waals surface area contributed by atoms with Crippen LogP contribution in [0.4, 0.5) is 0 Å². The lowest BCUT2D eigenvalue weighted by Crippen LogP contribution is -2.67. The second-order valence-corrected chi connectivity index (χ2v) is 11.6. The van der Waals surface area contributed by atoms with Crippen LogP contribution in [0.5, 0.6) is 0 Å². The van der Waals surface area contributed by atoms with Gasteiger partial charge in [-0.05, 0) is 69.2 Å². The number of ketones is 1. The highest BCUT2D eigenvalue weighted by Crippen LogP contribution is 2.69. The lowest BCUT2D eigenvalue weighted by molar-refractivity contribution is -0.206. The topological polar surface area (TPSA) is 91.0 Å². The van der Waals surface area contributed by atoms with Crippen molar-refractivity contribution in [2.75, 3.05) is 13.1 Å². The van der Waals surface area contributed by atoms with E-state index in [1.807, 2.05) is 0 Å². The molecule has 2 heterocycles. The third-order valence-corrected chi connectivity index (χ3v) is 10.6. The third-order valence-electron chi connectivity index (χ3n) is 10.6. The molecule has 0 bridgehead atoms. The van der Waals surface area contributed by atoms with Gasteiger partial charge in [0.05, 0.1) is 23.8 Å². The maximum atomic E-state index is 12.7. The maximum Gasteiger partial charge on any atom is 0.139 e. The van der Waals surface area contributed by atoms with Gasteiger partial charge in [0, 0.05) is 23.8 Å². The number of rotatable bonds is 3. The molecule has 4 unspecified atom stereocenters. The summed E-state index contributed by atoms with van der Waals surface area (Å²) in [5.74, 6) is 1.40. The number of aliphatic hydroxyl groups is 1. The summed E-state index contributed by atoms with van der Waals surface area (Å²) >= 11 is 0. The SMILES string of the molecule is C[C@]12CC[C@H]3[C@@H](CC(N=O)[C@@]4(O)CC5C(C[C@]34C)N5O[C@H]3CCNC3)[C@@H]1CCC2=O. The van der Waals surface area contributed by atoms with Gasteiger partial charge in [0.15, 0.2) is 0 Å². The van der Waals surface area contributed by atoms with Crippen molar-refractivity contribution in [3.05, 3.63) is 4.91 Å². The predicted molar refractivity (Wildman–Crippen MR) is 110 cm³/mol. The van der Waals surface area contributed by atoms with Crippen molar-refractivity contribution in [3.8, 4) is 0 Å². The first-order valence-corrected chi connectivity index (χ1v) is 12.1. The number of nitrogens with zero attached hydrogens (tertiary/aromatic N) is 2. The van der Waals surface area contributed by atoms with E-state index in [9.17, 15) is 14.8 Å². The van der Waals surface area contributed by atoms with Crippen molar-refractivity contribution in [2.24, 2.45) is 33.8 Å². The molecule has 2 N–H and O–H groups in total. The highest BCUT2D eigenvalue weighted by Gasteiger charge is 2.73. The second kappa shape index (κ2) is 6.33. The van der Waals surface area contributed by atoms with Gasteiger partial charge in [-0.2, -0.15) is 9.97 Å².